The number of aromatic nitrogens is 3. The maximum atomic E-state index is 15.3. The molecule has 0 aliphatic carbocycles. The average molecular weight is 534 g/mol. The van der Waals surface area contributed by atoms with Crippen LogP contribution >= 0.6 is 0 Å². The number of nitrogen functional groups attached to an aromatic ring is 1. The molecule has 206 valence electrons. The summed E-state index contributed by atoms with van der Waals surface area (Å²) >= 11 is 0. The highest BCUT2D eigenvalue weighted by Gasteiger charge is 2.26. The van der Waals surface area contributed by atoms with Crippen molar-refractivity contribution in [2.75, 3.05) is 57.4 Å². The van der Waals surface area contributed by atoms with Crippen LogP contribution in [0.3, 0.4) is 0 Å². The molecule has 3 heterocycles. The first kappa shape index (κ1) is 26.7. The summed E-state index contributed by atoms with van der Waals surface area (Å²) in [6.45, 7) is 6.81. The van der Waals surface area contributed by atoms with Crippen molar-refractivity contribution >= 4 is 33.9 Å². The van der Waals surface area contributed by atoms with Gasteiger partial charge in [-0.2, -0.15) is 0 Å². The number of nitrogens with two attached hydrogens (primary N) is 1. The summed E-state index contributed by atoms with van der Waals surface area (Å²) in [4.78, 5) is 13.1. The van der Waals surface area contributed by atoms with Crippen LogP contribution in [0.4, 0.5) is 27.4 Å². The Morgan fingerprint density at radius 3 is 2.72 bits per heavy atom. The number of halogens is 1. The summed E-state index contributed by atoms with van der Waals surface area (Å²) in [5, 5.41) is 4.12. The largest absolute Gasteiger partial charge is 0.494 e. The SMILES string of the molecule is COc1cc(N(C)CC(C)(C)N(C)C)c(N)cc1Nc1ncc(F)c(-c2c3n(c4ccccc24)CCOC3)n1. The summed E-state index contributed by atoms with van der Waals surface area (Å²) in [5.74, 6) is 0.306. The van der Waals surface area contributed by atoms with Crippen LogP contribution in [0.25, 0.3) is 22.2 Å². The zero-order chi connectivity index (χ0) is 27.9. The fourth-order valence-electron chi connectivity index (χ4n) is 5.06. The lowest BCUT2D eigenvalue weighted by atomic mass is 10.0. The van der Waals surface area contributed by atoms with Crippen LogP contribution in [-0.2, 0) is 17.9 Å². The van der Waals surface area contributed by atoms with Crippen LogP contribution in [0.2, 0.25) is 0 Å². The van der Waals surface area contributed by atoms with E-state index in [0.717, 1.165) is 34.4 Å². The molecule has 1 aliphatic heterocycles. The summed E-state index contributed by atoms with van der Waals surface area (Å²) in [6.07, 6.45) is 1.19. The van der Waals surface area contributed by atoms with Crippen molar-refractivity contribution in [1.82, 2.24) is 19.4 Å². The molecular formula is C29H36FN7O2. The lowest BCUT2D eigenvalue weighted by Gasteiger charge is -2.37. The molecule has 39 heavy (non-hydrogen) atoms. The van der Waals surface area contributed by atoms with Gasteiger partial charge in [-0.05, 0) is 40.1 Å². The van der Waals surface area contributed by atoms with E-state index in [-0.39, 0.29) is 17.2 Å². The minimum Gasteiger partial charge on any atom is -0.494 e. The monoisotopic (exact) mass is 533 g/mol. The number of methoxy groups -OCH3 is 1. The number of anilines is 4. The number of para-hydroxylation sites is 1. The average Bonchev–Trinajstić information content (AvgIpc) is 3.24. The summed E-state index contributed by atoms with van der Waals surface area (Å²) in [7, 11) is 7.72. The van der Waals surface area contributed by atoms with Crippen LogP contribution in [0.15, 0.2) is 42.6 Å². The Morgan fingerprint density at radius 2 is 1.97 bits per heavy atom. The van der Waals surface area contributed by atoms with E-state index in [9.17, 15) is 0 Å². The number of nitrogens with zero attached hydrogens (tertiary/aromatic N) is 5. The molecule has 0 spiro atoms. The molecule has 0 bridgehead atoms. The van der Waals surface area contributed by atoms with E-state index >= 15 is 4.39 Å². The van der Waals surface area contributed by atoms with Gasteiger partial charge >= 0.3 is 0 Å². The molecule has 0 amide bonds. The molecule has 0 radical (unpaired) electrons. The molecule has 10 heteroatoms. The highest BCUT2D eigenvalue weighted by molar-refractivity contribution is 5.97. The van der Waals surface area contributed by atoms with E-state index < -0.39 is 5.82 Å². The van der Waals surface area contributed by atoms with Gasteiger partial charge in [0.25, 0.3) is 0 Å². The molecule has 2 aromatic heterocycles. The van der Waals surface area contributed by atoms with Gasteiger partial charge in [-0.15, -0.1) is 0 Å². The van der Waals surface area contributed by atoms with Gasteiger partial charge in [0.2, 0.25) is 5.95 Å². The van der Waals surface area contributed by atoms with Crippen molar-refractivity contribution in [3.05, 3.63) is 54.1 Å². The minimum atomic E-state index is -0.503. The van der Waals surface area contributed by atoms with Crippen LogP contribution in [0.1, 0.15) is 19.5 Å². The number of nitrogens with one attached hydrogen (secondary N) is 1. The summed E-state index contributed by atoms with van der Waals surface area (Å²) < 4.78 is 28.9. The number of fused-ring (bicyclic) bond motifs is 3. The third-order valence-electron chi connectivity index (χ3n) is 7.60. The highest BCUT2D eigenvalue weighted by Crippen LogP contribution is 2.39. The standard InChI is InChI=1S/C29H36FN7O2/c1-29(2,35(3)4)17-36(5)23-14-25(38-6)21(13-20(23)31)33-28-32-15-19(30)27(34-28)26-18-9-7-8-10-22(18)37-11-12-39-16-24(26)37/h7-10,13-15H,11-12,16-17,31H2,1-6H3,(H,32,33,34). The quantitative estimate of drug-likeness (QED) is 0.310. The van der Waals surface area contributed by atoms with Crippen molar-refractivity contribution in [2.45, 2.75) is 32.5 Å². The van der Waals surface area contributed by atoms with Gasteiger partial charge in [-0.25, -0.2) is 14.4 Å². The maximum Gasteiger partial charge on any atom is 0.228 e. The number of benzene rings is 2. The Kier molecular flexibility index (Phi) is 7.09. The normalized spacial score (nSPS) is 13.5. The Labute approximate surface area is 228 Å². The van der Waals surface area contributed by atoms with Crippen LogP contribution in [0, 0.1) is 5.82 Å². The number of hydrogen-bond acceptors (Lipinski definition) is 8. The topological polar surface area (TPSA) is 93.7 Å². The van der Waals surface area contributed by atoms with E-state index in [1.807, 2.05) is 37.4 Å². The molecule has 0 saturated heterocycles. The van der Waals surface area contributed by atoms with Gasteiger partial charge in [0.15, 0.2) is 5.82 Å². The van der Waals surface area contributed by atoms with Gasteiger partial charge in [-0.3, -0.25) is 0 Å². The highest BCUT2D eigenvalue weighted by atomic mass is 19.1. The lowest BCUT2D eigenvalue weighted by molar-refractivity contribution is 0.0869. The molecule has 5 rings (SSSR count). The maximum absolute atomic E-state index is 15.3. The van der Waals surface area contributed by atoms with Crippen molar-refractivity contribution in [2.24, 2.45) is 0 Å². The smallest absolute Gasteiger partial charge is 0.228 e. The first-order valence-electron chi connectivity index (χ1n) is 12.9. The fraction of sp³-hybridized carbons (Fsp3) is 0.379. The van der Waals surface area contributed by atoms with Crippen LogP contribution in [0.5, 0.6) is 5.75 Å². The minimum absolute atomic E-state index is 0.0722. The Hall–Kier alpha value is -3.89. The third kappa shape index (κ3) is 4.97. The first-order chi connectivity index (χ1) is 18.6. The molecule has 2 aromatic carbocycles. The van der Waals surface area contributed by atoms with Gasteiger partial charge < -0.3 is 34.9 Å². The first-order valence-corrected chi connectivity index (χ1v) is 12.9. The fourth-order valence-corrected chi connectivity index (χ4v) is 5.06. The van der Waals surface area contributed by atoms with Gasteiger partial charge in [0, 0.05) is 48.2 Å². The van der Waals surface area contributed by atoms with E-state index in [2.05, 4.69) is 57.6 Å². The van der Waals surface area contributed by atoms with E-state index in [4.69, 9.17) is 15.2 Å². The zero-order valence-corrected chi connectivity index (χ0v) is 23.4. The molecule has 9 nitrogen and oxygen atoms in total. The molecule has 0 saturated carbocycles. The number of likely N-dealkylation sites (N-methyl/N-ethyl adjacent to an activating group) is 2. The van der Waals surface area contributed by atoms with Crippen molar-refractivity contribution in [3.8, 4) is 17.0 Å². The zero-order valence-electron chi connectivity index (χ0n) is 23.4. The van der Waals surface area contributed by atoms with E-state index in [1.165, 1.54) is 6.20 Å². The second-order valence-electron chi connectivity index (χ2n) is 10.7. The van der Waals surface area contributed by atoms with Crippen molar-refractivity contribution in [1.29, 1.82) is 0 Å². The molecule has 4 aromatic rings. The lowest BCUT2D eigenvalue weighted by Crippen LogP contribution is -2.47. The summed E-state index contributed by atoms with van der Waals surface area (Å²) in [5.41, 5.74) is 11.3. The molecule has 0 fully saturated rings. The van der Waals surface area contributed by atoms with Crippen LogP contribution in [-0.4, -0.2) is 66.4 Å². The molecule has 0 unspecified atom stereocenters. The second-order valence-corrected chi connectivity index (χ2v) is 10.7. The van der Waals surface area contributed by atoms with Gasteiger partial charge in [-0.1, -0.05) is 18.2 Å². The number of rotatable bonds is 8. The molecular weight excluding hydrogens is 497 g/mol. The molecule has 0 atom stereocenters. The van der Waals surface area contributed by atoms with Crippen LogP contribution < -0.4 is 20.7 Å². The Bertz CT molecular complexity index is 1520. The Morgan fingerprint density at radius 1 is 1.21 bits per heavy atom. The second kappa shape index (κ2) is 10.3. The predicted molar refractivity (Wildman–Crippen MR) is 154 cm³/mol. The Balaban J connectivity index is 1.51. The van der Waals surface area contributed by atoms with Gasteiger partial charge in [0.1, 0.15) is 11.4 Å². The van der Waals surface area contributed by atoms with E-state index in [0.29, 0.717) is 36.9 Å². The molecule has 3 N–H and O–H groups in total. The number of ether oxygens (including phenoxy) is 2. The van der Waals surface area contributed by atoms with E-state index in [1.54, 1.807) is 13.2 Å². The van der Waals surface area contributed by atoms with Gasteiger partial charge in [0.05, 0.1) is 49.3 Å². The molecule has 1 aliphatic rings. The van der Waals surface area contributed by atoms with Crippen molar-refractivity contribution < 1.29 is 13.9 Å². The number of hydrogen-bond donors (Lipinski definition) is 2. The van der Waals surface area contributed by atoms with Crippen molar-refractivity contribution in [3.63, 3.8) is 0 Å². The summed E-state index contributed by atoms with van der Waals surface area (Å²) in [6, 6.07) is 11.6. The third-order valence-corrected chi connectivity index (χ3v) is 7.60. The predicted octanol–water partition coefficient (Wildman–Crippen LogP) is 4.88.